The Labute approximate surface area is 129 Å². The molecule has 0 spiro atoms. The number of carbonyl (C=O) groups is 2. The fraction of sp³-hybridized carbons (Fsp3) is 0.500. The number of methoxy groups -OCH3 is 1. The van der Waals surface area contributed by atoms with E-state index in [2.05, 4.69) is 10.1 Å². The Hall–Kier alpha value is -2.24. The van der Waals surface area contributed by atoms with Crippen LogP contribution in [0.5, 0.6) is 11.5 Å². The van der Waals surface area contributed by atoms with Gasteiger partial charge in [-0.3, -0.25) is 9.59 Å². The molecule has 1 amide bonds. The molecule has 1 aromatic rings. The molecule has 0 fully saturated rings. The molecule has 1 aliphatic rings. The molecule has 0 saturated heterocycles. The number of benzene rings is 1. The highest BCUT2D eigenvalue weighted by atomic mass is 16.6. The van der Waals surface area contributed by atoms with Crippen molar-refractivity contribution in [2.24, 2.45) is 0 Å². The summed E-state index contributed by atoms with van der Waals surface area (Å²) < 4.78 is 15.4. The monoisotopic (exact) mass is 307 g/mol. The normalized spacial score (nSPS) is 12.6. The number of amides is 1. The van der Waals surface area contributed by atoms with E-state index in [9.17, 15) is 9.59 Å². The van der Waals surface area contributed by atoms with E-state index in [1.165, 1.54) is 7.11 Å². The number of carbonyl (C=O) groups excluding carboxylic acids is 2. The van der Waals surface area contributed by atoms with Crippen molar-refractivity contribution >= 4 is 11.9 Å². The van der Waals surface area contributed by atoms with E-state index in [0.717, 1.165) is 19.3 Å². The first-order valence-corrected chi connectivity index (χ1v) is 7.45. The molecule has 0 aliphatic carbocycles. The third-order valence-electron chi connectivity index (χ3n) is 3.38. The molecule has 2 rings (SSSR count). The fourth-order valence-corrected chi connectivity index (χ4v) is 2.16. The van der Waals surface area contributed by atoms with Crippen molar-refractivity contribution in [3.63, 3.8) is 0 Å². The van der Waals surface area contributed by atoms with Crippen LogP contribution in [0.1, 0.15) is 36.0 Å². The molecule has 1 N–H and O–H groups in total. The fourth-order valence-electron chi connectivity index (χ4n) is 2.16. The first kappa shape index (κ1) is 16.1. The smallest absolute Gasteiger partial charge is 0.305 e. The number of unbranched alkanes of at least 4 members (excludes halogenated alkanes) is 2. The van der Waals surface area contributed by atoms with Crippen molar-refractivity contribution in [3.05, 3.63) is 23.8 Å². The summed E-state index contributed by atoms with van der Waals surface area (Å²) in [5.41, 5.74) is 0.554. The minimum atomic E-state index is -0.194. The Bertz CT molecular complexity index is 529. The lowest BCUT2D eigenvalue weighted by Gasteiger charge is -2.18. The van der Waals surface area contributed by atoms with E-state index in [4.69, 9.17) is 9.47 Å². The van der Waals surface area contributed by atoms with Crippen molar-refractivity contribution in [2.75, 3.05) is 26.9 Å². The van der Waals surface area contributed by atoms with E-state index in [0.29, 0.717) is 43.2 Å². The van der Waals surface area contributed by atoms with Gasteiger partial charge in [0.25, 0.3) is 5.91 Å². The minimum absolute atomic E-state index is 0.134. The maximum atomic E-state index is 12.0. The van der Waals surface area contributed by atoms with Gasteiger partial charge >= 0.3 is 5.97 Å². The maximum absolute atomic E-state index is 12.0. The lowest BCUT2D eigenvalue weighted by atomic mass is 10.1. The molecule has 6 nitrogen and oxygen atoms in total. The van der Waals surface area contributed by atoms with Gasteiger partial charge in [0.05, 0.1) is 7.11 Å². The Kier molecular flexibility index (Phi) is 6.06. The van der Waals surface area contributed by atoms with E-state index < -0.39 is 0 Å². The summed E-state index contributed by atoms with van der Waals surface area (Å²) in [6.07, 6.45) is 2.89. The minimum Gasteiger partial charge on any atom is -0.486 e. The van der Waals surface area contributed by atoms with Gasteiger partial charge in [-0.15, -0.1) is 0 Å². The number of fused-ring (bicyclic) bond motifs is 1. The second-order valence-electron chi connectivity index (χ2n) is 5.00. The molecule has 1 heterocycles. The standard InChI is InChI=1S/C16H21NO5/c1-20-15(18)5-3-2-4-8-17-16(19)12-6-7-13-14(11-12)22-10-9-21-13/h6-7,11H,2-5,8-10H2,1H3,(H,17,19). The van der Waals surface area contributed by atoms with Crippen LogP contribution in [0, 0.1) is 0 Å². The van der Waals surface area contributed by atoms with E-state index >= 15 is 0 Å². The van der Waals surface area contributed by atoms with Gasteiger partial charge in [-0.25, -0.2) is 0 Å². The van der Waals surface area contributed by atoms with Gasteiger partial charge in [0.2, 0.25) is 0 Å². The predicted octanol–water partition coefficient (Wildman–Crippen LogP) is 1.92. The number of rotatable bonds is 7. The molecule has 0 atom stereocenters. The van der Waals surface area contributed by atoms with Crippen molar-refractivity contribution in [2.45, 2.75) is 25.7 Å². The van der Waals surface area contributed by atoms with E-state index in [-0.39, 0.29) is 11.9 Å². The van der Waals surface area contributed by atoms with E-state index in [1.807, 2.05) is 0 Å². The average molecular weight is 307 g/mol. The summed E-state index contributed by atoms with van der Waals surface area (Å²) in [5, 5.41) is 2.86. The van der Waals surface area contributed by atoms with Crippen LogP contribution in [0.2, 0.25) is 0 Å². The molecule has 22 heavy (non-hydrogen) atoms. The summed E-state index contributed by atoms with van der Waals surface area (Å²) in [6.45, 7) is 1.61. The van der Waals surface area contributed by atoms with Crippen LogP contribution < -0.4 is 14.8 Å². The van der Waals surface area contributed by atoms with Crippen LogP contribution in [0.25, 0.3) is 0 Å². The molecule has 0 radical (unpaired) electrons. The van der Waals surface area contributed by atoms with Gasteiger partial charge in [0.1, 0.15) is 13.2 Å². The van der Waals surface area contributed by atoms with Gasteiger partial charge in [0, 0.05) is 18.5 Å². The Balaban J connectivity index is 1.70. The molecular formula is C16H21NO5. The molecule has 120 valence electrons. The zero-order valence-corrected chi connectivity index (χ0v) is 12.7. The summed E-state index contributed by atoms with van der Waals surface area (Å²) in [4.78, 5) is 23.0. The lowest BCUT2D eigenvalue weighted by Crippen LogP contribution is -2.25. The van der Waals surface area contributed by atoms with Crippen molar-refractivity contribution in [1.82, 2.24) is 5.32 Å². The Morgan fingerprint density at radius 2 is 1.91 bits per heavy atom. The highest BCUT2D eigenvalue weighted by Crippen LogP contribution is 2.30. The summed E-state index contributed by atoms with van der Waals surface area (Å²) in [6, 6.07) is 5.17. The second kappa shape index (κ2) is 8.26. The van der Waals surface area contributed by atoms with E-state index in [1.54, 1.807) is 18.2 Å². The quantitative estimate of drug-likeness (QED) is 0.615. The predicted molar refractivity (Wildman–Crippen MR) is 80.2 cm³/mol. The highest BCUT2D eigenvalue weighted by molar-refractivity contribution is 5.94. The number of hydrogen-bond donors (Lipinski definition) is 1. The van der Waals surface area contributed by atoms with Crippen LogP contribution in [0.15, 0.2) is 18.2 Å². The van der Waals surface area contributed by atoms with Crippen LogP contribution in [0.3, 0.4) is 0 Å². The number of esters is 1. The van der Waals surface area contributed by atoms with Crippen LogP contribution >= 0.6 is 0 Å². The van der Waals surface area contributed by atoms with Gasteiger partial charge in [-0.05, 0) is 31.0 Å². The summed E-state index contributed by atoms with van der Waals surface area (Å²) in [5.74, 6) is 0.952. The first-order chi connectivity index (χ1) is 10.7. The lowest BCUT2D eigenvalue weighted by molar-refractivity contribution is -0.140. The third kappa shape index (κ3) is 4.65. The van der Waals surface area contributed by atoms with Crippen LogP contribution in [-0.4, -0.2) is 38.7 Å². The molecule has 0 aromatic heterocycles. The molecule has 0 saturated carbocycles. The topological polar surface area (TPSA) is 73.9 Å². The maximum Gasteiger partial charge on any atom is 0.305 e. The summed E-state index contributed by atoms with van der Waals surface area (Å²) in [7, 11) is 1.38. The van der Waals surface area contributed by atoms with Crippen molar-refractivity contribution in [3.8, 4) is 11.5 Å². The van der Waals surface area contributed by atoms with Crippen LogP contribution in [-0.2, 0) is 9.53 Å². The largest absolute Gasteiger partial charge is 0.486 e. The van der Waals surface area contributed by atoms with Gasteiger partial charge in [0.15, 0.2) is 11.5 Å². The van der Waals surface area contributed by atoms with Gasteiger partial charge < -0.3 is 19.5 Å². The molecule has 6 heteroatoms. The number of nitrogens with one attached hydrogen (secondary N) is 1. The average Bonchev–Trinajstić information content (AvgIpc) is 2.56. The van der Waals surface area contributed by atoms with Crippen molar-refractivity contribution < 1.29 is 23.8 Å². The second-order valence-corrected chi connectivity index (χ2v) is 5.00. The molecule has 1 aromatic carbocycles. The number of ether oxygens (including phenoxy) is 3. The van der Waals surface area contributed by atoms with Crippen molar-refractivity contribution in [1.29, 1.82) is 0 Å². The molecular weight excluding hydrogens is 286 g/mol. The Morgan fingerprint density at radius 1 is 1.14 bits per heavy atom. The molecule has 1 aliphatic heterocycles. The van der Waals surface area contributed by atoms with Gasteiger partial charge in [-0.1, -0.05) is 6.42 Å². The molecule has 0 bridgehead atoms. The first-order valence-electron chi connectivity index (χ1n) is 7.45. The molecule has 0 unspecified atom stereocenters. The van der Waals surface area contributed by atoms with Gasteiger partial charge in [-0.2, -0.15) is 0 Å². The summed E-state index contributed by atoms with van der Waals surface area (Å²) >= 11 is 0. The number of hydrogen-bond acceptors (Lipinski definition) is 5. The third-order valence-corrected chi connectivity index (χ3v) is 3.38. The zero-order valence-electron chi connectivity index (χ0n) is 12.7. The highest BCUT2D eigenvalue weighted by Gasteiger charge is 2.14. The SMILES string of the molecule is COC(=O)CCCCCNC(=O)c1ccc2c(c1)OCCO2. The Morgan fingerprint density at radius 3 is 2.68 bits per heavy atom. The van der Waals surface area contributed by atoms with Crippen LogP contribution in [0.4, 0.5) is 0 Å². The zero-order chi connectivity index (χ0) is 15.8.